The molecule has 0 aliphatic carbocycles. The molecule has 1 unspecified atom stereocenters. The maximum atomic E-state index is 6.23. The zero-order valence-corrected chi connectivity index (χ0v) is 16.6. The molecule has 0 N–H and O–H groups in total. The Bertz CT molecular complexity index is 674. The van der Waals surface area contributed by atoms with Crippen LogP contribution >= 0.6 is 0 Å². The summed E-state index contributed by atoms with van der Waals surface area (Å²) in [7, 11) is 1.01. The van der Waals surface area contributed by atoms with E-state index >= 15 is 0 Å². The van der Waals surface area contributed by atoms with Gasteiger partial charge in [0.25, 0.3) is 0 Å². The fourth-order valence-corrected chi connectivity index (χ4v) is 7.78. The lowest BCUT2D eigenvalue weighted by molar-refractivity contribution is 0.202. The predicted octanol–water partition coefficient (Wildman–Crippen LogP) is 4.92. The van der Waals surface area contributed by atoms with Crippen LogP contribution in [0.2, 0.25) is 5.04 Å². The highest BCUT2D eigenvalue weighted by Gasteiger charge is 2.55. The molecule has 2 aromatic carbocycles. The van der Waals surface area contributed by atoms with Crippen molar-refractivity contribution < 1.29 is 8.85 Å². The third-order valence-electron chi connectivity index (χ3n) is 5.66. The number of rotatable bonds is 6. The summed E-state index contributed by atoms with van der Waals surface area (Å²) >= 11 is 0. The van der Waals surface area contributed by atoms with E-state index in [1.54, 1.807) is 0 Å². The summed E-state index contributed by atoms with van der Waals surface area (Å²) in [5, 5.41) is 3.72. The van der Waals surface area contributed by atoms with E-state index in [4.69, 9.17) is 8.85 Å². The normalized spacial score (nSPS) is 14.2. The van der Waals surface area contributed by atoms with Gasteiger partial charge in [-0.15, -0.1) is 0 Å². The molecule has 3 heteroatoms. The maximum Gasteiger partial charge on any atom is 0.378 e. The first-order chi connectivity index (χ1) is 10.8. The van der Waals surface area contributed by atoms with E-state index < -0.39 is 8.56 Å². The molecule has 2 nitrogen and oxygen atoms in total. The van der Waals surface area contributed by atoms with Gasteiger partial charge in [0, 0.05) is 24.4 Å². The fourth-order valence-electron chi connectivity index (χ4n) is 3.68. The van der Waals surface area contributed by atoms with Gasteiger partial charge in [-0.25, -0.2) is 0 Å². The lowest BCUT2D eigenvalue weighted by Gasteiger charge is -2.45. The van der Waals surface area contributed by atoms with E-state index in [0.717, 1.165) is 6.42 Å². The van der Waals surface area contributed by atoms with Gasteiger partial charge in [0.1, 0.15) is 0 Å². The second-order valence-electron chi connectivity index (χ2n) is 7.09. The first-order valence-corrected chi connectivity index (χ1v) is 10.3. The summed E-state index contributed by atoms with van der Waals surface area (Å²) < 4.78 is 12.5. The number of fused-ring (bicyclic) bond motifs is 1. The fraction of sp³-hybridized carbons (Fsp3) is 0.500. The van der Waals surface area contributed by atoms with Crippen molar-refractivity contribution in [1.29, 1.82) is 0 Å². The number of hydrogen-bond donors (Lipinski definition) is 0. The first kappa shape index (κ1) is 18.2. The van der Waals surface area contributed by atoms with E-state index in [-0.39, 0.29) is 5.04 Å². The monoisotopic (exact) mass is 330 g/mol. The number of hydrogen-bond acceptors (Lipinski definition) is 2. The van der Waals surface area contributed by atoms with Crippen molar-refractivity contribution in [2.45, 2.75) is 46.1 Å². The summed E-state index contributed by atoms with van der Waals surface area (Å²) in [5.41, 5.74) is 1.27. The lowest BCUT2D eigenvalue weighted by atomic mass is 9.94. The van der Waals surface area contributed by atoms with Crippen molar-refractivity contribution in [2.75, 3.05) is 14.2 Å². The van der Waals surface area contributed by atoms with E-state index in [9.17, 15) is 0 Å². The quantitative estimate of drug-likeness (QED) is 0.700. The smallest absolute Gasteiger partial charge is 0.378 e. The minimum Gasteiger partial charge on any atom is -0.394 e. The molecule has 0 spiro atoms. The summed E-state index contributed by atoms with van der Waals surface area (Å²) in [6, 6.07) is 13.1. The Hall–Kier alpha value is -1.16. The molecule has 0 aromatic heterocycles. The minimum atomic E-state index is -2.62. The van der Waals surface area contributed by atoms with E-state index in [1.807, 2.05) is 14.2 Å². The van der Waals surface area contributed by atoms with Gasteiger partial charge in [-0.3, -0.25) is 0 Å². The van der Waals surface area contributed by atoms with Crippen LogP contribution in [0.15, 0.2) is 36.4 Å². The first-order valence-electron chi connectivity index (χ1n) is 8.44. The maximum absolute atomic E-state index is 6.23. The van der Waals surface area contributed by atoms with Gasteiger partial charge in [0.05, 0.1) is 0 Å². The van der Waals surface area contributed by atoms with E-state index in [2.05, 4.69) is 71.0 Å². The molecule has 126 valence electrons. The van der Waals surface area contributed by atoms with Crippen LogP contribution in [0.1, 0.15) is 39.7 Å². The average Bonchev–Trinajstić information content (AvgIpc) is 2.55. The minimum absolute atomic E-state index is 0.0384. The Kier molecular flexibility index (Phi) is 5.34. The SMILES string of the molecule is CCC(C)C(C)(C)[Si](OC)(OC)c1cccc2ccc(C)cc12. The predicted molar refractivity (Wildman–Crippen MR) is 102 cm³/mol. The molecule has 0 amide bonds. The molecule has 23 heavy (non-hydrogen) atoms. The van der Waals surface area contributed by atoms with Crippen molar-refractivity contribution in [2.24, 2.45) is 5.92 Å². The van der Waals surface area contributed by atoms with Gasteiger partial charge in [-0.05, 0) is 23.6 Å². The van der Waals surface area contributed by atoms with Crippen LogP contribution in [0.4, 0.5) is 0 Å². The highest BCUT2D eigenvalue weighted by molar-refractivity contribution is 6.85. The molecular weight excluding hydrogens is 300 g/mol. The molecule has 2 aromatic rings. The molecular formula is C20H30O2Si. The Morgan fingerprint density at radius 3 is 2.30 bits per heavy atom. The van der Waals surface area contributed by atoms with Gasteiger partial charge < -0.3 is 8.85 Å². The van der Waals surface area contributed by atoms with Gasteiger partial charge in [0.2, 0.25) is 0 Å². The summed E-state index contributed by atoms with van der Waals surface area (Å²) in [6.07, 6.45) is 1.11. The molecule has 0 bridgehead atoms. The largest absolute Gasteiger partial charge is 0.394 e. The molecule has 0 saturated heterocycles. The van der Waals surface area contributed by atoms with Gasteiger partial charge in [0.15, 0.2) is 0 Å². The Labute approximate surface area is 142 Å². The Balaban J connectivity index is 2.79. The Morgan fingerprint density at radius 1 is 1.09 bits per heavy atom. The van der Waals surface area contributed by atoms with Gasteiger partial charge >= 0.3 is 8.56 Å². The highest BCUT2D eigenvalue weighted by atomic mass is 28.4. The average molecular weight is 331 g/mol. The summed E-state index contributed by atoms with van der Waals surface area (Å²) in [6.45, 7) is 11.3. The number of aryl methyl sites for hydroxylation is 1. The van der Waals surface area contributed by atoms with Gasteiger partial charge in [-0.2, -0.15) is 0 Å². The van der Waals surface area contributed by atoms with Crippen LogP contribution in [-0.2, 0) is 8.85 Å². The highest BCUT2D eigenvalue weighted by Crippen LogP contribution is 2.46. The number of benzene rings is 2. The molecule has 2 rings (SSSR count). The zero-order chi connectivity index (χ0) is 17.3. The van der Waals surface area contributed by atoms with Crippen LogP contribution < -0.4 is 5.19 Å². The zero-order valence-electron chi connectivity index (χ0n) is 15.6. The van der Waals surface area contributed by atoms with Gasteiger partial charge in [-0.1, -0.05) is 76.1 Å². The summed E-state index contributed by atoms with van der Waals surface area (Å²) in [5.74, 6) is 0.508. The third-order valence-corrected chi connectivity index (χ3v) is 10.1. The topological polar surface area (TPSA) is 18.5 Å². The summed E-state index contributed by atoms with van der Waals surface area (Å²) in [4.78, 5) is 0. The lowest BCUT2D eigenvalue weighted by Crippen LogP contribution is -2.62. The molecule has 0 radical (unpaired) electrons. The molecule has 0 saturated carbocycles. The molecule has 0 aliphatic heterocycles. The van der Waals surface area contributed by atoms with Crippen LogP contribution in [-0.4, -0.2) is 22.8 Å². The van der Waals surface area contributed by atoms with Crippen molar-refractivity contribution >= 4 is 24.5 Å². The van der Waals surface area contributed by atoms with E-state index in [0.29, 0.717) is 5.92 Å². The molecule has 0 heterocycles. The van der Waals surface area contributed by atoms with Crippen LogP contribution in [0, 0.1) is 12.8 Å². The van der Waals surface area contributed by atoms with Crippen molar-refractivity contribution in [1.82, 2.24) is 0 Å². The third kappa shape index (κ3) is 2.86. The molecule has 1 atom stereocenters. The Morgan fingerprint density at radius 2 is 1.74 bits per heavy atom. The van der Waals surface area contributed by atoms with Crippen molar-refractivity contribution in [3.05, 3.63) is 42.0 Å². The van der Waals surface area contributed by atoms with Crippen molar-refractivity contribution in [3.63, 3.8) is 0 Å². The van der Waals surface area contributed by atoms with Crippen LogP contribution in [0.3, 0.4) is 0 Å². The second-order valence-corrected chi connectivity index (χ2v) is 11.0. The van der Waals surface area contributed by atoms with Crippen molar-refractivity contribution in [3.8, 4) is 0 Å². The van der Waals surface area contributed by atoms with Crippen LogP contribution in [0.25, 0.3) is 10.8 Å². The molecule has 0 aliphatic rings. The molecule has 0 fully saturated rings. The second kappa shape index (κ2) is 6.76. The van der Waals surface area contributed by atoms with E-state index in [1.165, 1.54) is 21.5 Å². The van der Waals surface area contributed by atoms with Crippen LogP contribution in [0.5, 0.6) is 0 Å². The standard InChI is InChI=1S/C20H30O2Si/c1-8-16(3)20(4,5)23(21-6,22-7)19-11-9-10-17-13-12-15(2)14-18(17)19/h9-14,16H,8H2,1-7H3.